The molecule has 2 N–H and O–H groups in total. The Morgan fingerprint density at radius 2 is 2.27 bits per heavy atom. The number of carbonyl (C=O) groups excluding carboxylic acids is 1. The average Bonchev–Trinajstić information content (AvgIpc) is 2.51. The number of H-pyrrole nitrogens is 1. The van der Waals surface area contributed by atoms with Gasteiger partial charge >= 0.3 is 11.9 Å². The summed E-state index contributed by atoms with van der Waals surface area (Å²) in [7, 11) is 0. The van der Waals surface area contributed by atoms with E-state index in [0.717, 1.165) is 0 Å². The van der Waals surface area contributed by atoms with E-state index in [1.165, 1.54) is 6.20 Å². The Morgan fingerprint density at radius 3 is 2.87 bits per heavy atom. The van der Waals surface area contributed by atoms with Gasteiger partial charge in [0, 0.05) is 11.9 Å². The number of hydrogen-bond donors (Lipinski definition) is 2. The highest BCUT2D eigenvalue weighted by molar-refractivity contribution is 5.72. The lowest BCUT2D eigenvalue weighted by Crippen LogP contribution is -2.08. The maximum absolute atomic E-state index is 11.0. The topological polar surface area (TPSA) is 92.3 Å². The van der Waals surface area contributed by atoms with Gasteiger partial charge in [-0.3, -0.25) is 9.59 Å². The van der Waals surface area contributed by atoms with Gasteiger partial charge in [0.05, 0.1) is 13.0 Å². The van der Waals surface area contributed by atoms with Crippen LogP contribution in [0.15, 0.2) is 6.20 Å². The molecule has 15 heavy (non-hydrogen) atoms. The zero-order valence-electron chi connectivity index (χ0n) is 8.32. The molecule has 0 amide bonds. The van der Waals surface area contributed by atoms with Gasteiger partial charge in [-0.25, -0.2) is 4.98 Å². The second-order valence-electron chi connectivity index (χ2n) is 2.91. The van der Waals surface area contributed by atoms with Crippen LogP contribution in [0.25, 0.3) is 0 Å². The summed E-state index contributed by atoms with van der Waals surface area (Å²) in [5.74, 6) is -0.903. The number of carboxylic acids is 1. The first kappa shape index (κ1) is 11.2. The summed E-state index contributed by atoms with van der Waals surface area (Å²) in [6, 6.07) is 0. The summed E-state index contributed by atoms with van der Waals surface area (Å²) in [5, 5.41) is 8.50. The van der Waals surface area contributed by atoms with Gasteiger partial charge in [-0.05, 0) is 6.92 Å². The number of carboxylic acid groups (broad SMARTS) is 1. The molecule has 0 fully saturated rings. The third-order valence-electron chi connectivity index (χ3n) is 1.64. The number of esters is 1. The van der Waals surface area contributed by atoms with Crippen molar-refractivity contribution in [3.8, 4) is 0 Å². The molecule has 0 radical (unpaired) electrons. The molecule has 0 atom stereocenters. The molecular formula is C9H12N2O4. The van der Waals surface area contributed by atoms with E-state index in [2.05, 4.69) is 9.97 Å². The molecule has 0 bridgehead atoms. The normalized spacial score (nSPS) is 9.93. The smallest absolute Gasteiger partial charge is 0.313 e. The molecule has 0 aliphatic rings. The van der Waals surface area contributed by atoms with Gasteiger partial charge in [0.2, 0.25) is 0 Å². The maximum Gasteiger partial charge on any atom is 0.313 e. The van der Waals surface area contributed by atoms with Crippen LogP contribution in [-0.2, 0) is 27.2 Å². The summed E-state index contributed by atoms with van der Waals surface area (Å²) in [4.78, 5) is 28.0. The van der Waals surface area contributed by atoms with Gasteiger partial charge in [0.1, 0.15) is 12.2 Å². The van der Waals surface area contributed by atoms with Crippen molar-refractivity contribution in [3.05, 3.63) is 17.7 Å². The quantitative estimate of drug-likeness (QED) is 0.677. The van der Waals surface area contributed by atoms with Gasteiger partial charge < -0.3 is 14.8 Å². The predicted molar refractivity (Wildman–Crippen MR) is 50.3 cm³/mol. The van der Waals surface area contributed by atoms with Crippen LogP contribution in [0.3, 0.4) is 0 Å². The van der Waals surface area contributed by atoms with E-state index in [1.807, 2.05) is 0 Å². The predicted octanol–water partition coefficient (Wildman–Crippen LogP) is 0.142. The monoisotopic (exact) mass is 212 g/mol. The molecule has 0 aliphatic heterocycles. The summed E-state index contributed by atoms with van der Waals surface area (Å²) < 4.78 is 4.72. The summed E-state index contributed by atoms with van der Waals surface area (Å²) >= 11 is 0. The Labute approximate surface area is 86.3 Å². The highest BCUT2D eigenvalue weighted by atomic mass is 16.5. The van der Waals surface area contributed by atoms with Crippen molar-refractivity contribution in [1.29, 1.82) is 0 Å². The standard InChI is InChI=1S/C9H12N2O4/c1-2-15-9(14)4-7-10-5-6(11-7)3-8(12)13/h5H,2-4H2,1H3,(H,10,11)(H,12,13). The van der Waals surface area contributed by atoms with Crippen LogP contribution in [-0.4, -0.2) is 33.6 Å². The molecule has 0 unspecified atom stereocenters. The lowest BCUT2D eigenvalue weighted by Gasteiger charge is -1.98. The number of ether oxygens (including phenoxy) is 1. The van der Waals surface area contributed by atoms with Crippen LogP contribution in [0, 0.1) is 0 Å². The molecular weight excluding hydrogens is 200 g/mol. The van der Waals surface area contributed by atoms with Gasteiger partial charge in [0.15, 0.2) is 0 Å². The van der Waals surface area contributed by atoms with E-state index in [0.29, 0.717) is 18.1 Å². The zero-order chi connectivity index (χ0) is 11.3. The molecule has 0 aromatic carbocycles. The van der Waals surface area contributed by atoms with Crippen LogP contribution in [0.1, 0.15) is 18.4 Å². The van der Waals surface area contributed by atoms with Crippen molar-refractivity contribution < 1.29 is 19.4 Å². The van der Waals surface area contributed by atoms with Crippen molar-refractivity contribution in [2.24, 2.45) is 0 Å². The Bertz CT molecular complexity index is 359. The number of rotatable bonds is 5. The van der Waals surface area contributed by atoms with E-state index >= 15 is 0 Å². The lowest BCUT2D eigenvalue weighted by molar-refractivity contribution is -0.142. The molecule has 6 nitrogen and oxygen atoms in total. The first-order chi connectivity index (χ1) is 7.11. The minimum Gasteiger partial charge on any atom is -0.481 e. The maximum atomic E-state index is 11.0. The van der Waals surface area contributed by atoms with E-state index in [-0.39, 0.29) is 18.8 Å². The van der Waals surface area contributed by atoms with Crippen molar-refractivity contribution >= 4 is 11.9 Å². The van der Waals surface area contributed by atoms with Crippen LogP contribution < -0.4 is 0 Å². The van der Waals surface area contributed by atoms with Crippen molar-refractivity contribution in [2.75, 3.05) is 6.61 Å². The number of aromatic nitrogens is 2. The van der Waals surface area contributed by atoms with E-state index in [1.54, 1.807) is 6.92 Å². The third-order valence-corrected chi connectivity index (χ3v) is 1.64. The van der Waals surface area contributed by atoms with Crippen LogP contribution >= 0.6 is 0 Å². The molecule has 82 valence electrons. The molecule has 1 aromatic rings. The zero-order valence-corrected chi connectivity index (χ0v) is 8.32. The SMILES string of the molecule is CCOC(=O)Cc1ncc(CC(=O)O)[nH]1. The number of imidazole rings is 1. The third kappa shape index (κ3) is 3.80. The molecule has 1 heterocycles. The highest BCUT2D eigenvalue weighted by Gasteiger charge is 2.09. The Balaban J connectivity index is 2.52. The molecule has 0 saturated carbocycles. The molecule has 1 aromatic heterocycles. The fourth-order valence-corrected chi connectivity index (χ4v) is 1.10. The van der Waals surface area contributed by atoms with E-state index in [4.69, 9.17) is 9.84 Å². The van der Waals surface area contributed by atoms with Crippen LogP contribution in [0.4, 0.5) is 0 Å². The molecule has 1 rings (SSSR count). The molecule has 6 heteroatoms. The number of nitrogens with one attached hydrogen (secondary N) is 1. The number of aliphatic carboxylic acids is 1. The number of carbonyl (C=O) groups is 2. The van der Waals surface area contributed by atoms with Gasteiger partial charge in [-0.15, -0.1) is 0 Å². The fraction of sp³-hybridized carbons (Fsp3) is 0.444. The van der Waals surface area contributed by atoms with Crippen LogP contribution in [0.5, 0.6) is 0 Å². The first-order valence-electron chi connectivity index (χ1n) is 4.52. The van der Waals surface area contributed by atoms with Gasteiger partial charge in [0.25, 0.3) is 0 Å². The minimum absolute atomic E-state index is 0.0352. The number of aromatic amines is 1. The summed E-state index contributed by atoms with van der Waals surface area (Å²) in [6.07, 6.45) is 1.31. The Morgan fingerprint density at radius 1 is 1.53 bits per heavy atom. The second kappa shape index (κ2) is 5.14. The van der Waals surface area contributed by atoms with Crippen molar-refractivity contribution in [2.45, 2.75) is 19.8 Å². The molecule has 0 aliphatic carbocycles. The minimum atomic E-state index is -0.943. The van der Waals surface area contributed by atoms with E-state index < -0.39 is 5.97 Å². The Hall–Kier alpha value is -1.85. The lowest BCUT2D eigenvalue weighted by atomic mass is 10.3. The van der Waals surface area contributed by atoms with Gasteiger partial charge in [-0.1, -0.05) is 0 Å². The van der Waals surface area contributed by atoms with Gasteiger partial charge in [-0.2, -0.15) is 0 Å². The highest BCUT2D eigenvalue weighted by Crippen LogP contribution is 2.00. The fourth-order valence-electron chi connectivity index (χ4n) is 1.10. The average molecular weight is 212 g/mol. The van der Waals surface area contributed by atoms with Crippen molar-refractivity contribution in [3.63, 3.8) is 0 Å². The molecule has 0 saturated heterocycles. The summed E-state index contributed by atoms with van der Waals surface area (Å²) in [5.41, 5.74) is 0.474. The second-order valence-corrected chi connectivity index (χ2v) is 2.91. The molecule has 0 spiro atoms. The first-order valence-corrected chi connectivity index (χ1v) is 4.52. The van der Waals surface area contributed by atoms with E-state index in [9.17, 15) is 9.59 Å². The number of nitrogens with zero attached hydrogens (tertiary/aromatic N) is 1. The Kier molecular flexibility index (Phi) is 3.84. The number of hydrogen-bond acceptors (Lipinski definition) is 4. The summed E-state index contributed by atoms with van der Waals surface area (Å²) in [6.45, 7) is 2.04. The largest absolute Gasteiger partial charge is 0.481 e. The van der Waals surface area contributed by atoms with Crippen LogP contribution in [0.2, 0.25) is 0 Å². The van der Waals surface area contributed by atoms with Crippen molar-refractivity contribution in [1.82, 2.24) is 9.97 Å².